The van der Waals surface area contributed by atoms with E-state index >= 15 is 0 Å². The Morgan fingerprint density at radius 3 is 2.67 bits per heavy atom. The highest BCUT2D eigenvalue weighted by Gasteiger charge is 2.15. The van der Waals surface area contributed by atoms with Crippen LogP contribution < -0.4 is 5.73 Å². The molecule has 0 aliphatic carbocycles. The lowest BCUT2D eigenvalue weighted by Gasteiger charge is -2.02. The Hall–Kier alpha value is -1.97. The summed E-state index contributed by atoms with van der Waals surface area (Å²) in [6.45, 7) is 3.69. The molecule has 1 aromatic carbocycles. The third-order valence-electron chi connectivity index (χ3n) is 2.30. The van der Waals surface area contributed by atoms with Crippen molar-refractivity contribution in [3.05, 3.63) is 29.5 Å². The standard InChI is InChI=1S/C11H12N2O2/c1-6-3-4-9(14)8(5-6)11-10(12)7(2)13-15-11/h3-5,14H,12H2,1-2H3. The number of nitrogen functional groups attached to an aromatic ring is 1. The van der Waals surface area contributed by atoms with Crippen LogP contribution in [-0.4, -0.2) is 10.3 Å². The van der Waals surface area contributed by atoms with Crippen molar-refractivity contribution in [2.45, 2.75) is 13.8 Å². The molecule has 0 aliphatic rings. The lowest BCUT2D eigenvalue weighted by Crippen LogP contribution is -1.88. The second kappa shape index (κ2) is 3.31. The van der Waals surface area contributed by atoms with Crippen molar-refractivity contribution in [2.24, 2.45) is 0 Å². The molecule has 3 N–H and O–H groups in total. The molecular formula is C11H12N2O2. The van der Waals surface area contributed by atoms with Gasteiger partial charge in [0.1, 0.15) is 17.1 Å². The Morgan fingerprint density at radius 2 is 2.07 bits per heavy atom. The van der Waals surface area contributed by atoms with Gasteiger partial charge in [-0.1, -0.05) is 16.8 Å². The van der Waals surface area contributed by atoms with Gasteiger partial charge < -0.3 is 15.4 Å². The minimum absolute atomic E-state index is 0.142. The van der Waals surface area contributed by atoms with Crippen LogP contribution in [0.1, 0.15) is 11.3 Å². The molecule has 4 nitrogen and oxygen atoms in total. The van der Waals surface area contributed by atoms with Crippen LogP contribution in [0.5, 0.6) is 5.75 Å². The second-order valence-electron chi connectivity index (χ2n) is 3.53. The van der Waals surface area contributed by atoms with Crippen molar-refractivity contribution in [1.29, 1.82) is 0 Å². The first-order valence-electron chi connectivity index (χ1n) is 4.61. The summed E-state index contributed by atoms with van der Waals surface area (Å²) in [5.74, 6) is 0.567. The number of phenols is 1. The first kappa shape index (κ1) is 9.58. The molecule has 4 heteroatoms. The lowest BCUT2D eigenvalue weighted by atomic mass is 10.1. The van der Waals surface area contributed by atoms with E-state index in [1.54, 1.807) is 13.0 Å². The van der Waals surface area contributed by atoms with Gasteiger partial charge >= 0.3 is 0 Å². The van der Waals surface area contributed by atoms with Gasteiger partial charge in [-0.2, -0.15) is 0 Å². The quantitative estimate of drug-likeness (QED) is 0.747. The van der Waals surface area contributed by atoms with Gasteiger partial charge in [-0.3, -0.25) is 0 Å². The predicted octanol–water partition coefficient (Wildman–Crippen LogP) is 2.25. The lowest BCUT2D eigenvalue weighted by molar-refractivity contribution is 0.422. The number of nitrogens with zero attached hydrogens (tertiary/aromatic N) is 1. The van der Waals surface area contributed by atoms with Gasteiger partial charge in [-0.05, 0) is 26.0 Å². The average molecular weight is 204 g/mol. The Kier molecular flexibility index (Phi) is 2.11. The van der Waals surface area contributed by atoms with Crippen LogP contribution in [0.4, 0.5) is 5.69 Å². The van der Waals surface area contributed by atoms with Crippen molar-refractivity contribution < 1.29 is 9.63 Å². The van der Waals surface area contributed by atoms with Crippen LogP contribution in [0.3, 0.4) is 0 Å². The number of phenolic OH excluding ortho intramolecular Hbond substituents is 1. The summed E-state index contributed by atoms with van der Waals surface area (Å²) in [5.41, 5.74) is 8.49. The molecule has 2 rings (SSSR count). The van der Waals surface area contributed by atoms with E-state index in [9.17, 15) is 5.11 Å². The highest BCUT2D eigenvalue weighted by molar-refractivity contribution is 5.76. The molecule has 1 heterocycles. The summed E-state index contributed by atoms with van der Waals surface area (Å²) < 4.78 is 5.08. The molecule has 0 amide bonds. The predicted molar refractivity (Wildman–Crippen MR) is 57.5 cm³/mol. The molecule has 0 saturated heterocycles. The molecule has 1 aromatic heterocycles. The van der Waals surface area contributed by atoms with Gasteiger partial charge in [-0.25, -0.2) is 0 Å². The van der Waals surface area contributed by atoms with Crippen molar-refractivity contribution in [1.82, 2.24) is 5.16 Å². The minimum Gasteiger partial charge on any atom is -0.507 e. The Morgan fingerprint density at radius 1 is 1.33 bits per heavy atom. The van der Waals surface area contributed by atoms with E-state index < -0.39 is 0 Å². The largest absolute Gasteiger partial charge is 0.507 e. The maximum atomic E-state index is 9.68. The van der Waals surface area contributed by atoms with Gasteiger partial charge in [0.05, 0.1) is 5.56 Å². The normalized spacial score (nSPS) is 10.5. The highest BCUT2D eigenvalue weighted by Crippen LogP contribution is 2.34. The number of aromatic hydroxyl groups is 1. The molecule has 2 aromatic rings. The Labute approximate surface area is 87.3 Å². The molecule has 0 fully saturated rings. The van der Waals surface area contributed by atoms with Crippen molar-refractivity contribution in [3.63, 3.8) is 0 Å². The summed E-state index contributed by atoms with van der Waals surface area (Å²) in [5, 5.41) is 13.4. The van der Waals surface area contributed by atoms with Crippen LogP contribution >= 0.6 is 0 Å². The Bertz CT molecular complexity index is 503. The molecule has 78 valence electrons. The topological polar surface area (TPSA) is 72.3 Å². The average Bonchev–Trinajstić information content (AvgIpc) is 2.52. The van der Waals surface area contributed by atoms with Crippen molar-refractivity contribution >= 4 is 5.69 Å². The van der Waals surface area contributed by atoms with E-state index in [-0.39, 0.29) is 5.75 Å². The molecular weight excluding hydrogens is 192 g/mol. The molecule has 0 saturated carbocycles. The summed E-state index contributed by atoms with van der Waals surface area (Å²) in [4.78, 5) is 0. The van der Waals surface area contributed by atoms with E-state index in [1.807, 2.05) is 19.1 Å². The molecule has 0 atom stereocenters. The minimum atomic E-state index is 0.142. The maximum Gasteiger partial charge on any atom is 0.193 e. The number of rotatable bonds is 1. The maximum absolute atomic E-state index is 9.68. The second-order valence-corrected chi connectivity index (χ2v) is 3.53. The molecule has 0 aliphatic heterocycles. The molecule has 0 unspecified atom stereocenters. The molecule has 0 radical (unpaired) electrons. The number of benzene rings is 1. The van der Waals surface area contributed by atoms with Crippen LogP contribution in [0.2, 0.25) is 0 Å². The van der Waals surface area contributed by atoms with Crippen molar-refractivity contribution in [3.8, 4) is 17.1 Å². The van der Waals surface area contributed by atoms with Gasteiger partial charge in [-0.15, -0.1) is 0 Å². The summed E-state index contributed by atoms with van der Waals surface area (Å²) in [6.07, 6.45) is 0. The van der Waals surface area contributed by atoms with E-state index in [4.69, 9.17) is 10.3 Å². The smallest absolute Gasteiger partial charge is 0.193 e. The number of nitrogens with two attached hydrogens (primary N) is 1. The fraction of sp³-hybridized carbons (Fsp3) is 0.182. The summed E-state index contributed by atoms with van der Waals surface area (Å²) in [6, 6.07) is 5.24. The number of hydrogen-bond acceptors (Lipinski definition) is 4. The Balaban J connectivity index is 2.63. The number of anilines is 1. The van der Waals surface area contributed by atoms with Gasteiger partial charge in [0.2, 0.25) is 0 Å². The number of aryl methyl sites for hydroxylation is 2. The summed E-state index contributed by atoms with van der Waals surface area (Å²) in [7, 11) is 0. The van der Waals surface area contributed by atoms with Crippen LogP contribution in [0.15, 0.2) is 22.7 Å². The third kappa shape index (κ3) is 1.54. The van der Waals surface area contributed by atoms with Crippen molar-refractivity contribution in [2.75, 3.05) is 5.73 Å². The van der Waals surface area contributed by atoms with Crippen LogP contribution in [-0.2, 0) is 0 Å². The van der Waals surface area contributed by atoms with E-state index in [0.29, 0.717) is 22.7 Å². The van der Waals surface area contributed by atoms with Gasteiger partial charge in [0.15, 0.2) is 5.76 Å². The zero-order valence-electron chi connectivity index (χ0n) is 8.61. The van der Waals surface area contributed by atoms with Crippen LogP contribution in [0.25, 0.3) is 11.3 Å². The molecule has 15 heavy (non-hydrogen) atoms. The third-order valence-corrected chi connectivity index (χ3v) is 2.30. The SMILES string of the molecule is Cc1ccc(O)c(-c2onc(C)c2N)c1. The van der Waals surface area contributed by atoms with Crippen LogP contribution in [0, 0.1) is 13.8 Å². The van der Waals surface area contributed by atoms with E-state index in [0.717, 1.165) is 5.56 Å². The van der Waals surface area contributed by atoms with Gasteiger partial charge in [0.25, 0.3) is 0 Å². The summed E-state index contributed by atoms with van der Waals surface area (Å²) >= 11 is 0. The number of hydrogen-bond donors (Lipinski definition) is 2. The first-order valence-corrected chi connectivity index (χ1v) is 4.61. The first-order chi connectivity index (χ1) is 7.09. The number of aromatic nitrogens is 1. The molecule has 0 spiro atoms. The fourth-order valence-electron chi connectivity index (χ4n) is 1.40. The van der Waals surface area contributed by atoms with Gasteiger partial charge in [0, 0.05) is 0 Å². The highest BCUT2D eigenvalue weighted by atomic mass is 16.5. The zero-order chi connectivity index (χ0) is 11.0. The zero-order valence-corrected chi connectivity index (χ0v) is 8.61. The monoisotopic (exact) mass is 204 g/mol. The molecule has 0 bridgehead atoms. The van der Waals surface area contributed by atoms with E-state index in [1.165, 1.54) is 0 Å². The fourth-order valence-corrected chi connectivity index (χ4v) is 1.40. The van der Waals surface area contributed by atoms with E-state index in [2.05, 4.69) is 5.16 Å².